The fraction of sp³-hybridized carbons (Fsp3) is 0.100. The number of aromatic nitrogens is 2. The van der Waals surface area contributed by atoms with E-state index in [2.05, 4.69) is 15.3 Å². The number of H-pyrrole nitrogens is 1. The number of aromatic carboxylic acids is 1. The number of thiazole rings is 1. The molecule has 5 N–H and O–H groups in total. The van der Waals surface area contributed by atoms with Gasteiger partial charge in [0.05, 0.1) is 24.0 Å². The molecule has 2 heterocycles. The number of nitrogen functional groups attached to an aromatic ring is 1. The zero-order valence-electron chi connectivity index (χ0n) is 9.14. The second-order valence-electron chi connectivity index (χ2n) is 3.49. The lowest BCUT2D eigenvalue weighted by molar-refractivity contribution is 0.0698. The monoisotopic (exact) mass is 266 g/mol. The minimum Gasteiger partial charge on any atom is -0.478 e. The van der Waals surface area contributed by atoms with Crippen molar-refractivity contribution in [3.05, 3.63) is 38.6 Å². The summed E-state index contributed by atoms with van der Waals surface area (Å²) in [5.41, 5.74) is 6.29. The molecule has 2 aromatic rings. The molecule has 0 aliphatic rings. The van der Waals surface area contributed by atoms with Crippen LogP contribution in [0.25, 0.3) is 0 Å². The van der Waals surface area contributed by atoms with E-state index in [9.17, 15) is 9.59 Å². The summed E-state index contributed by atoms with van der Waals surface area (Å²) in [5.74, 6) is -0.726. The van der Waals surface area contributed by atoms with Gasteiger partial charge in [-0.3, -0.25) is 4.79 Å². The highest BCUT2D eigenvalue weighted by Gasteiger charge is 2.09. The molecule has 0 saturated carbocycles. The summed E-state index contributed by atoms with van der Waals surface area (Å²) in [6.07, 6.45) is 1.28. The molecule has 0 aromatic carbocycles. The lowest BCUT2D eigenvalue weighted by atomic mass is 10.2. The van der Waals surface area contributed by atoms with Crippen LogP contribution < -0.4 is 15.9 Å². The number of aromatic amines is 1. The Morgan fingerprint density at radius 2 is 2.39 bits per heavy atom. The molecule has 94 valence electrons. The fourth-order valence-corrected chi connectivity index (χ4v) is 1.92. The molecule has 0 radical (unpaired) electrons. The molecule has 8 heteroatoms. The number of nitrogens with two attached hydrogens (primary N) is 1. The van der Waals surface area contributed by atoms with Gasteiger partial charge in [-0.15, -0.1) is 0 Å². The molecule has 0 amide bonds. The first-order valence-electron chi connectivity index (χ1n) is 4.95. The van der Waals surface area contributed by atoms with Crippen LogP contribution >= 0.6 is 11.3 Å². The highest BCUT2D eigenvalue weighted by Crippen LogP contribution is 2.15. The maximum atomic E-state index is 10.9. The molecule has 0 atom stereocenters. The highest BCUT2D eigenvalue weighted by atomic mass is 32.1. The summed E-state index contributed by atoms with van der Waals surface area (Å²) in [6, 6.07) is 1.35. The van der Waals surface area contributed by atoms with Crippen molar-refractivity contribution in [3.8, 4) is 0 Å². The second-order valence-corrected chi connectivity index (χ2v) is 4.33. The lowest BCUT2D eigenvalue weighted by Crippen LogP contribution is -2.08. The maximum Gasteiger partial charge on any atom is 0.337 e. The van der Waals surface area contributed by atoms with Crippen molar-refractivity contribution in [2.45, 2.75) is 6.54 Å². The zero-order valence-corrected chi connectivity index (χ0v) is 9.95. The van der Waals surface area contributed by atoms with Crippen LogP contribution in [-0.2, 0) is 6.54 Å². The first-order valence-corrected chi connectivity index (χ1v) is 5.83. The summed E-state index contributed by atoms with van der Waals surface area (Å²) < 4.78 is 0. The van der Waals surface area contributed by atoms with Crippen molar-refractivity contribution in [2.75, 3.05) is 11.1 Å². The smallest absolute Gasteiger partial charge is 0.337 e. The van der Waals surface area contributed by atoms with Gasteiger partial charge >= 0.3 is 10.8 Å². The normalized spacial score (nSPS) is 10.2. The number of hydrogen-bond donors (Lipinski definition) is 4. The Morgan fingerprint density at radius 3 is 3.00 bits per heavy atom. The van der Waals surface area contributed by atoms with E-state index in [1.54, 1.807) is 5.38 Å². The molecule has 18 heavy (non-hydrogen) atoms. The van der Waals surface area contributed by atoms with Crippen LogP contribution in [0.4, 0.5) is 11.5 Å². The van der Waals surface area contributed by atoms with Crippen molar-refractivity contribution in [2.24, 2.45) is 0 Å². The van der Waals surface area contributed by atoms with Crippen molar-refractivity contribution in [1.29, 1.82) is 0 Å². The van der Waals surface area contributed by atoms with Gasteiger partial charge in [-0.25, -0.2) is 9.78 Å². The van der Waals surface area contributed by atoms with Gasteiger partial charge in [0.15, 0.2) is 0 Å². The average Bonchev–Trinajstić information content (AvgIpc) is 2.74. The molecule has 0 bridgehead atoms. The van der Waals surface area contributed by atoms with Crippen molar-refractivity contribution in [3.63, 3.8) is 0 Å². The molecule has 0 fully saturated rings. The molecule has 0 unspecified atom stereocenters. The zero-order chi connectivity index (χ0) is 13.1. The summed E-state index contributed by atoms with van der Waals surface area (Å²) in [5, 5.41) is 13.5. The van der Waals surface area contributed by atoms with E-state index in [0.29, 0.717) is 18.1 Å². The Labute approximate surface area is 105 Å². The Kier molecular flexibility index (Phi) is 3.28. The van der Waals surface area contributed by atoms with Gasteiger partial charge in [-0.2, -0.15) is 0 Å². The van der Waals surface area contributed by atoms with Gasteiger partial charge in [0.2, 0.25) is 0 Å². The summed E-state index contributed by atoms with van der Waals surface area (Å²) in [4.78, 5) is 28.2. The first-order chi connectivity index (χ1) is 8.56. The van der Waals surface area contributed by atoms with Gasteiger partial charge in [0, 0.05) is 11.1 Å². The largest absolute Gasteiger partial charge is 0.478 e. The fourth-order valence-electron chi connectivity index (χ4n) is 1.33. The number of carboxylic acid groups (broad SMARTS) is 1. The Bertz CT molecular complexity index is 634. The van der Waals surface area contributed by atoms with Gasteiger partial charge in [-0.1, -0.05) is 11.3 Å². The van der Waals surface area contributed by atoms with Gasteiger partial charge in [0.25, 0.3) is 0 Å². The third-order valence-corrected chi connectivity index (χ3v) is 2.91. The van der Waals surface area contributed by atoms with Gasteiger partial charge in [-0.05, 0) is 6.07 Å². The number of hydrogen-bond acceptors (Lipinski definition) is 6. The molecule has 0 aliphatic heterocycles. The van der Waals surface area contributed by atoms with Crippen molar-refractivity contribution < 1.29 is 9.90 Å². The van der Waals surface area contributed by atoms with E-state index in [1.165, 1.54) is 12.3 Å². The highest BCUT2D eigenvalue weighted by molar-refractivity contribution is 7.07. The van der Waals surface area contributed by atoms with Crippen LogP contribution in [0.3, 0.4) is 0 Å². The summed E-state index contributed by atoms with van der Waals surface area (Å²) in [6.45, 7) is 0.356. The number of anilines is 2. The number of nitrogens with zero attached hydrogens (tertiary/aromatic N) is 1. The number of pyridine rings is 1. The molecular weight excluding hydrogens is 256 g/mol. The van der Waals surface area contributed by atoms with E-state index in [1.807, 2.05) is 0 Å². The Hall–Kier alpha value is -2.35. The number of carboxylic acids is 1. The number of nitrogens with one attached hydrogen (secondary N) is 2. The topological polar surface area (TPSA) is 121 Å². The molecule has 2 aromatic heterocycles. The molecule has 0 aliphatic carbocycles. The molecule has 0 saturated heterocycles. The second kappa shape index (κ2) is 4.88. The van der Waals surface area contributed by atoms with Gasteiger partial charge < -0.3 is 21.1 Å². The lowest BCUT2D eigenvalue weighted by Gasteiger charge is -2.06. The van der Waals surface area contributed by atoms with Crippen LogP contribution in [0.2, 0.25) is 0 Å². The molecule has 0 spiro atoms. The molecule has 2 rings (SSSR count). The van der Waals surface area contributed by atoms with Crippen molar-refractivity contribution in [1.82, 2.24) is 9.97 Å². The van der Waals surface area contributed by atoms with Crippen LogP contribution in [0.1, 0.15) is 16.1 Å². The summed E-state index contributed by atoms with van der Waals surface area (Å²) in [7, 11) is 0. The average molecular weight is 266 g/mol. The third-order valence-electron chi connectivity index (χ3n) is 2.20. The van der Waals surface area contributed by atoms with E-state index in [4.69, 9.17) is 10.8 Å². The minimum atomic E-state index is -1.11. The molecular formula is C10H10N4O3S. The molecule has 7 nitrogen and oxygen atoms in total. The number of rotatable bonds is 4. The van der Waals surface area contributed by atoms with E-state index >= 15 is 0 Å². The SMILES string of the molecule is Nc1cnc(NCc2csc(=O)[nH]2)cc1C(=O)O. The first kappa shape index (κ1) is 12.1. The van der Waals surface area contributed by atoms with E-state index < -0.39 is 5.97 Å². The predicted molar refractivity (Wildman–Crippen MR) is 67.9 cm³/mol. The quantitative estimate of drug-likeness (QED) is 0.647. The maximum absolute atomic E-state index is 10.9. The standard InChI is InChI=1S/C10H10N4O3S/c11-7-3-13-8(1-6(7)9(15)16)12-2-5-4-18-10(17)14-5/h1,3-4H,2,11H2,(H,12,13)(H,14,17)(H,15,16). The minimum absolute atomic E-state index is 0.00804. The van der Waals surface area contributed by atoms with E-state index in [-0.39, 0.29) is 16.1 Å². The van der Waals surface area contributed by atoms with Crippen LogP contribution in [0.15, 0.2) is 22.4 Å². The van der Waals surface area contributed by atoms with Crippen LogP contribution in [0.5, 0.6) is 0 Å². The van der Waals surface area contributed by atoms with E-state index in [0.717, 1.165) is 11.3 Å². The number of carbonyl (C=O) groups is 1. The summed E-state index contributed by atoms with van der Waals surface area (Å²) >= 11 is 1.06. The van der Waals surface area contributed by atoms with Crippen LogP contribution in [-0.4, -0.2) is 21.0 Å². The predicted octanol–water partition coefficient (Wildman–Crippen LogP) is 0.724. The third kappa shape index (κ3) is 2.66. The van der Waals surface area contributed by atoms with Crippen LogP contribution in [0, 0.1) is 0 Å². The Balaban J connectivity index is 2.12. The van der Waals surface area contributed by atoms with Crippen molar-refractivity contribution >= 4 is 28.8 Å². The van der Waals surface area contributed by atoms with Gasteiger partial charge in [0.1, 0.15) is 5.82 Å². The Morgan fingerprint density at radius 1 is 1.61 bits per heavy atom.